The number of carboxylic acid groups (broad SMARTS) is 1. The molecule has 0 unspecified atom stereocenters. The summed E-state index contributed by atoms with van der Waals surface area (Å²) in [5.74, 6) is -0.398. The van der Waals surface area contributed by atoms with Crippen molar-refractivity contribution < 1.29 is 14.6 Å². The van der Waals surface area contributed by atoms with Crippen molar-refractivity contribution in [1.82, 2.24) is 4.98 Å². The topological polar surface area (TPSA) is 71.5 Å². The first kappa shape index (κ1) is 13.8. The Balaban J connectivity index is 2.06. The summed E-state index contributed by atoms with van der Waals surface area (Å²) in [7, 11) is 0. The summed E-state index contributed by atoms with van der Waals surface area (Å²) >= 11 is 0. The summed E-state index contributed by atoms with van der Waals surface area (Å²) in [6.07, 6.45) is 4.62. The van der Waals surface area contributed by atoms with Crippen LogP contribution in [0.25, 0.3) is 0 Å². The van der Waals surface area contributed by atoms with Crippen molar-refractivity contribution >= 4 is 11.8 Å². The van der Waals surface area contributed by atoms with Gasteiger partial charge in [-0.15, -0.1) is 0 Å². The Morgan fingerprint density at radius 2 is 2.26 bits per heavy atom. The van der Waals surface area contributed by atoms with Crippen LogP contribution in [0.15, 0.2) is 18.2 Å². The molecule has 5 heteroatoms. The minimum atomic E-state index is -1.01. The largest absolute Gasteiger partial charge is 0.477 e. The Bertz CT molecular complexity index is 434. The van der Waals surface area contributed by atoms with Crippen molar-refractivity contribution in [1.29, 1.82) is 0 Å². The van der Waals surface area contributed by atoms with E-state index in [1.165, 1.54) is 18.9 Å². The molecule has 2 atom stereocenters. The fourth-order valence-electron chi connectivity index (χ4n) is 2.50. The van der Waals surface area contributed by atoms with E-state index in [0.29, 0.717) is 12.4 Å². The molecular weight excluding hydrogens is 244 g/mol. The van der Waals surface area contributed by atoms with Crippen molar-refractivity contribution in [3.63, 3.8) is 0 Å². The minimum Gasteiger partial charge on any atom is -0.477 e. The zero-order valence-corrected chi connectivity index (χ0v) is 11.1. The SMILES string of the molecule is CCO[C@@H]1CCCC[C@H]1Nc1cccc(C(=O)O)n1. The molecule has 0 aliphatic heterocycles. The Morgan fingerprint density at radius 3 is 3.00 bits per heavy atom. The van der Waals surface area contributed by atoms with Crippen molar-refractivity contribution in [3.05, 3.63) is 23.9 Å². The second kappa shape index (κ2) is 6.52. The molecule has 1 aromatic heterocycles. The molecule has 1 heterocycles. The Morgan fingerprint density at radius 1 is 1.47 bits per heavy atom. The number of ether oxygens (including phenoxy) is 1. The van der Waals surface area contributed by atoms with Gasteiger partial charge in [0, 0.05) is 6.61 Å². The van der Waals surface area contributed by atoms with E-state index >= 15 is 0 Å². The van der Waals surface area contributed by atoms with Gasteiger partial charge in [-0.3, -0.25) is 0 Å². The standard InChI is InChI=1S/C14H20N2O3/c1-2-19-12-8-4-3-6-10(12)15-13-9-5-7-11(16-13)14(17)18/h5,7,9-10,12H,2-4,6,8H2,1H3,(H,15,16)(H,17,18)/t10-,12-/m1/s1. The molecule has 2 N–H and O–H groups in total. The third-order valence-electron chi connectivity index (χ3n) is 3.38. The highest BCUT2D eigenvalue weighted by atomic mass is 16.5. The lowest BCUT2D eigenvalue weighted by Gasteiger charge is -2.32. The van der Waals surface area contributed by atoms with Crippen LogP contribution in [0.1, 0.15) is 43.1 Å². The fourth-order valence-corrected chi connectivity index (χ4v) is 2.50. The van der Waals surface area contributed by atoms with Gasteiger partial charge in [-0.2, -0.15) is 0 Å². The van der Waals surface area contributed by atoms with Crippen LogP contribution in [0, 0.1) is 0 Å². The smallest absolute Gasteiger partial charge is 0.354 e. The van der Waals surface area contributed by atoms with Gasteiger partial charge in [-0.1, -0.05) is 18.9 Å². The van der Waals surface area contributed by atoms with Gasteiger partial charge in [0.1, 0.15) is 5.82 Å². The summed E-state index contributed by atoms with van der Waals surface area (Å²) in [5, 5.41) is 12.2. The van der Waals surface area contributed by atoms with Crippen molar-refractivity contribution in [2.24, 2.45) is 0 Å². The Kier molecular flexibility index (Phi) is 4.74. The van der Waals surface area contributed by atoms with E-state index in [2.05, 4.69) is 10.3 Å². The van der Waals surface area contributed by atoms with E-state index in [-0.39, 0.29) is 17.8 Å². The summed E-state index contributed by atoms with van der Waals surface area (Å²) in [5.41, 5.74) is 0.0637. The zero-order valence-electron chi connectivity index (χ0n) is 11.1. The van der Waals surface area contributed by atoms with Crippen molar-refractivity contribution in [2.75, 3.05) is 11.9 Å². The molecule has 0 spiro atoms. The lowest BCUT2D eigenvalue weighted by atomic mass is 9.92. The molecule has 2 rings (SSSR count). The first-order valence-corrected chi connectivity index (χ1v) is 6.79. The molecule has 1 aliphatic carbocycles. The van der Waals surface area contributed by atoms with E-state index in [4.69, 9.17) is 9.84 Å². The molecule has 1 aromatic rings. The molecule has 1 aliphatic rings. The van der Waals surface area contributed by atoms with Gasteiger partial charge in [0.2, 0.25) is 0 Å². The lowest BCUT2D eigenvalue weighted by Crippen LogP contribution is -2.38. The fraction of sp³-hybridized carbons (Fsp3) is 0.571. The Hall–Kier alpha value is -1.62. The number of carbonyl (C=O) groups is 1. The van der Waals surface area contributed by atoms with Gasteiger partial charge in [0.15, 0.2) is 5.69 Å². The second-order valence-electron chi connectivity index (χ2n) is 4.74. The lowest BCUT2D eigenvalue weighted by molar-refractivity contribution is 0.0280. The van der Waals surface area contributed by atoms with Gasteiger partial charge in [-0.05, 0) is 31.9 Å². The van der Waals surface area contributed by atoms with Crippen LogP contribution in [0.3, 0.4) is 0 Å². The van der Waals surface area contributed by atoms with Crippen LogP contribution in [0.4, 0.5) is 5.82 Å². The van der Waals surface area contributed by atoms with E-state index < -0.39 is 5.97 Å². The van der Waals surface area contributed by atoms with Crippen LogP contribution in [0.5, 0.6) is 0 Å². The average Bonchev–Trinajstić information content (AvgIpc) is 2.41. The van der Waals surface area contributed by atoms with E-state index in [0.717, 1.165) is 12.8 Å². The minimum absolute atomic E-state index is 0.0637. The number of nitrogens with zero attached hydrogens (tertiary/aromatic N) is 1. The van der Waals surface area contributed by atoms with Crippen molar-refractivity contribution in [3.8, 4) is 0 Å². The number of rotatable bonds is 5. The third kappa shape index (κ3) is 3.67. The maximum atomic E-state index is 10.9. The van der Waals surface area contributed by atoms with Gasteiger partial charge < -0.3 is 15.2 Å². The molecule has 1 saturated carbocycles. The van der Waals surface area contributed by atoms with Crippen LogP contribution < -0.4 is 5.32 Å². The zero-order chi connectivity index (χ0) is 13.7. The molecule has 19 heavy (non-hydrogen) atoms. The second-order valence-corrected chi connectivity index (χ2v) is 4.74. The van der Waals surface area contributed by atoms with Crippen LogP contribution >= 0.6 is 0 Å². The van der Waals surface area contributed by atoms with Crippen LogP contribution in [-0.4, -0.2) is 34.8 Å². The molecule has 1 fully saturated rings. The third-order valence-corrected chi connectivity index (χ3v) is 3.38. The van der Waals surface area contributed by atoms with Crippen LogP contribution in [-0.2, 0) is 4.74 Å². The molecule has 104 valence electrons. The highest BCUT2D eigenvalue weighted by Crippen LogP contribution is 2.24. The summed E-state index contributed by atoms with van der Waals surface area (Å²) < 4.78 is 5.74. The monoisotopic (exact) mass is 264 g/mol. The molecular formula is C14H20N2O3. The molecule has 0 amide bonds. The molecule has 5 nitrogen and oxygen atoms in total. The number of nitrogens with one attached hydrogen (secondary N) is 1. The number of aromatic carboxylic acids is 1. The first-order valence-electron chi connectivity index (χ1n) is 6.79. The highest BCUT2D eigenvalue weighted by molar-refractivity contribution is 5.85. The maximum absolute atomic E-state index is 10.9. The molecule has 0 aromatic carbocycles. The number of hydrogen-bond acceptors (Lipinski definition) is 4. The predicted octanol–water partition coefficient (Wildman–Crippen LogP) is 2.54. The molecule has 0 saturated heterocycles. The highest BCUT2D eigenvalue weighted by Gasteiger charge is 2.25. The van der Waals surface area contributed by atoms with Gasteiger partial charge in [0.25, 0.3) is 0 Å². The quantitative estimate of drug-likeness (QED) is 0.855. The average molecular weight is 264 g/mol. The van der Waals surface area contributed by atoms with Gasteiger partial charge in [0.05, 0.1) is 12.1 Å². The number of carboxylic acids is 1. The summed E-state index contributed by atoms with van der Waals surface area (Å²) in [6.45, 7) is 2.69. The Labute approximate surface area is 113 Å². The normalized spacial score (nSPS) is 23.0. The first-order chi connectivity index (χ1) is 9.20. The van der Waals surface area contributed by atoms with E-state index in [1.807, 2.05) is 6.92 Å². The molecule has 0 bridgehead atoms. The van der Waals surface area contributed by atoms with Gasteiger partial charge >= 0.3 is 5.97 Å². The van der Waals surface area contributed by atoms with E-state index in [9.17, 15) is 4.79 Å². The summed E-state index contributed by atoms with van der Waals surface area (Å²) in [6, 6.07) is 5.21. The van der Waals surface area contributed by atoms with Crippen LogP contribution in [0.2, 0.25) is 0 Å². The van der Waals surface area contributed by atoms with Gasteiger partial charge in [-0.25, -0.2) is 9.78 Å². The predicted molar refractivity (Wildman–Crippen MR) is 72.5 cm³/mol. The van der Waals surface area contributed by atoms with E-state index in [1.54, 1.807) is 12.1 Å². The number of anilines is 1. The number of aromatic nitrogens is 1. The maximum Gasteiger partial charge on any atom is 0.354 e. The van der Waals surface area contributed by atoms with Crippen molar-refractivity contribution in [2.45, 2.75) is 44.8 Å². The number of pyridine rings is 1. The number of hydrogen-bond donors (Lipinski definition) is 2. The molecule has 0 radical (unpaired) electrons. The summed E-state index contributed by atoms with van der Waals surface area (Å²) in [4.78, 5) is 15.0.